The van der Waals surface area contributed by atoms with Crippen molar-refractivity contribution in [2.24, 2.45) is 0 Å². The van der Waals surface area contributed by atoms with Gasteiger partial charge >= 0.3 is 0 Å². The smallest absolute Gasteiger partial charge is 0.133 e. The second-order valence-corrected chi connectivity index (χ2v) is 7.77. The van der Waals surface area contributed by atoms with E-state index in [1.165, 1.54) is 5.56 Å². The van der Waals surface area contributed by atoms with Crippen molar-refractivity contribution in [3.05, 3.63) is 89.7 Å². The van der Waals surface area contributed by atoms with Crippen molar-refractivity contribution in [1.82, 2.24) is 9.55 Å². The van der Waals surface area contributed by atoms with Gasteiger partial charge < -0.3 is 14.0 Å². The van der Waals surface area contributed by atoms with Crippen molar-refractivity contribution in [3.8, 4) is 11.5 Å². The zero-order valence-electron chi connectivity index (χ0n) is 18.8. The van der Waals surface area contributed by atoms with E-state index in [9.17, 15) is 0 Å². The van der Waals surface area contributed by atoms with Crippen LogP contribution in [0.4, 0.5) is 0 Å². The van der Waals surface area contributed by atoms with Crippen LogP contribution in [0, 0.1) is 0 Å². The minimum Gasteiger partial charge on any atom is -0.497 e. The summed E-state index contributed by atoms with van der Waals surface area (Å²) in [4.78, 5) is 4.84. The van der Waals surface area contributed by atoms with E-state index in [-0.39, 0.29) is 0 Å². The van der Waals surface area contributed by atoms with Crippen LogP contribution in [0.1, 0.15) is 36.7 Å². The highest BCUT2D eigenvalue weighted by Gasteiger charge is 2.08. The van der Waals surface area contributed by atoms with E-state index in [1.807, 2.05) is 30.3 Å². The minimum atomic E-state index is 0.717. The van der Waals surface area contributed by atoms with Crippen LogP contribution in [-0.2, 0) is 13.0 Å². The van der Waals surface area contributed by atoms with Gasteiger partial charge in [0.25, 0.3) is 0 Å². The van der Waals surface area contributed by atoms with Gasteiger partial charge in [0.1, 0.15) is 17.3 Å². The van der Waals surface area contributed by atoms with Gasteiger partial charge in [-0.25, -0.2) is 4.98 Å². The van der Waals surface area contributed by atoms with E-state index in [4.69, 9.17) is 14.5 Å². The first-order valence-electron chi connectivity index (χ1n) is 11.3. The van der Waals surface area contributed by atoms with Gasteiger partial charge in [-0.05, 0) is 72.9 Å². The zero-order valence-corrected chi connectivity index (χ0v) is 18.8. The first kappa shape index (κ1) is 21.7. The fourth-order valence-corrected chi connectivity index (χ4v) is 3.73. The molecule has 4 rings (SSSR count). The lowest BCUT2D eigenvalue weighted by atomic mass is 10.2. The summed E-state index contributed by atoms with van der Waals surface area (Å²) in [6.45, 7) is 3.78. The molecule has 1 aromatic heterocycles. The van der Waals surface area contributed by atoms with Crippen LogP contribution < -0.4 is 9.47 Å². The van der Waals surface area contributed by atoms with E-state index in [0.29, 0.717) is 0 Å². The van der Waals surface area contributed by atoms with Gasteiger partial charge in [0.15, 0.2) is 0 Å². The number of nitrogens with zero attached hydrogens (tertiary/aromatic N) is 2. The van der Waals surface area contributed by atoms with E-state index in [1.54, 1.807) is 7.11 Å². The summed E-state index contributed by atoms with van der Waals surface area (Å²) >= 11 is 0. The van der Waals surface area contributed by atoms with E-state index in [2.05, 4.69) is 66.1 Å². The highest BCUT2D eigenvalue weighted by molar-refractivity contribution is 5.79. The van der Waals surface area contributed by atoms with Crippen molar-refractivity contribution < 1.29 is 9.47 Å². The molecule has 0 aliphatic rings. The Morgan fingerprint density at radius 1 is 0.844 bits per heavy atom. The van der Waals surface area contributed by atoms with Gasteiger partial charge in [0, 0.05) is 6.54 Å². The number of hydrogen-bond acceptors (Lipinski definition) is 3. The number of imidazole rings is 1. The lowest BCUT2D eigenvalue weighted by molar-refractivity contribution is 0.303. The molecular weight excluding hydrogens is 396 g/mol. The van der Waals surface area contributed by atoms with Crippen molar-refractivity contribution in [2.45, 2.75) is 32.7 Å². The standard InChI is InChI=1S/C28H30N2O2/c1-3-22-10-17-25(18-11-22)32-21-7-6-20-30-27-9-5-4-8-26(27)29-28(30)19-14-23-12-15-24(31-2)16-13-23/h4-5,8-19H,3,6-7,20-21H2,1-2H3/b19-14+. The molecule has 4 aromatic rings. The Balaban J connectivity index is 1.40. The minimum absolute atomic E-state index is 0.717. The maximum Gasteiger partial charge on any atom is 0.133 e. The number of aromatic nitrogens is 2. The van der Waals surface area contributed by atoms with Crippen LogP contribution in [0.5, 0.6) is 11.5 Å². The predicted octanol–water partition coefficient (Wildman–Crippen LogP) is 6.64. The molecule has 0 unspecified atom stereocenters. The van der Waals surface area contributed by atoms with Crippen LogP contribution in [0.15, 0.2) is 72.8 Å². The van der Waals surface area contributed by atoms with Gasteiger partial charge in [0.2, 0.25) is 0 Å². The van der Waals surface area contributed by atoms with Crippen LogP contribution in [-0.4, -0.2) is 23.3 Å². The topological polar surface area (TPSA) is 36.3 Å². The number of hydrogen-bond donors (Lipinski definition) is 0. The normalized spacial score (nSPS) is 11.3. The van der Waals surface area contributed by atoms with E-state index >= 15 is 0 Å². The first-order valence-corrected chi connectivity index (χ1v) is 11.3. The molecule has 0 atom stereocenters. The molecule has 0 spiro atoms. The monoisotopic (exact) mass is 426 g/mol. The third-order valence-corrected chi connectivity index (χ3v) is 5.60. The number of unbranched alkanes of at least 4 members (excludes halogenated alkanes) is 1. The lowest BCUT2D eigenvalue weighted by Crippen LogP contribution is -2.04. The summed E-state index contributed by atoms with van der Waals surface area (Å²) in [5, 5.41) is 0. The molecule has 4 nitrogen and oxygen atoms in total. The highest BCUT2D eigenvalue weighted by Crippen LogP contribution is 2.20. The van der Waals surface area contributed by atoms with E-state index < -0.39 is 0 Å². The van der Waals surface area contributed by atoms with Gasteiger partial charge in [-0.2, -0.15) is 0 Å². The Hall–Kier alpha value is -3.53. The lowest BCUT2D eigenvalue weighted by Gasteiger charge is -2.09. The summed E-state index contributed by atoms with van der Waals surface area (Å²) in [6.07, 6.45) is 7.25. The van der Waals surface area contributed by atoms with Crippen molar-refractivity contribution in [2.75, 3.05) is 13.7 Å². The average Bonchev–Trinajstić information content (AvgIpc) is 3.20. The summed E-state index contributed by atoms with van der Waals surface area (Å²) in [6, 6.07) is 24.7. The number of para-hydroxylation sites is 2. The molecule has 0 aliphatic carbocycles. The van der Waals surface area contributed by atoms with Crippen LogP contribution in [0.3, 0.4) is 0 Å². The molecular formula is C28H30N2O2. The van der Waals surface area contributed by atoms with Gasteiger partial charge in [-0.1, -0.05) is 49.4 Å². The predicted molar refractivity (Wildman–Crippen MR) is 132 cm³/mol. The molecule has 0 aliphatic heterocycles. The number of fused-ring (bicyclic) bond motifs is 1. The van der Waals surface area contributed by atoms with Gasteiger partial charge in [-0.3, -0.25) is 0 Å². The van der Waals surface area contributed by atoms with Crippen LogP contribution in [0.2, 0.25) is 0 Å². The molecule has 0 radical (unpaired) electrons. The van der Waals surface area contributed by atoms with Crippen LogP contribution in [0.25, 0.3) is 23.2 Å². The zero-order chi connectivity index (χ0) is 22.2. The largest absolute Gasteiger partial charge is 0.497 e. The van der Waals surface area contributed by atoms with Crippen molar-refractivity contribution in [1.29, 1.82) is 0 Å². The molecule has 0 amide bonds. The molecule has 3 aromatic carbocycles. The molecule has 1 heterocycles. The Labute approximate surface area is 190 Å². The second kappa shape index (κ2) is 10.7. The van der Waals surface area contributed by atoms with Crippen molar-refractivity contribution in [3.63, 3.8) is 0 Å². The molecule has 0 bridgehead atoms. The fraction of sp³-hybridized carbons (Fsp3) is 0.250. The number of methoxy groups -OCH3 is 1. The molecule has 0 N–H and O–H groups in total. The molecule has 32 heavy (non-hydrogen) atoms. The molecule has 0 fully saturated rings. The Bertz CT molecular complexity index is 1160. The first-order chi connectivity index (χ1) is 15.8. The Kier molecular flexibility index (Phi) is 7.23. The number of rotatable bonds is 10. The maximum absolute atomic E-state index is 5.92. The SMILES string of the molecule is CCc1ccc(OCCCCn2c(/C=C/c3ccc(OC)cc3)nc3ccccc32)cc1. The molecule has 0 saturated heterocycles. The van der Waals surface area contributed by atoms with Crippen molar-refractivity contribution >= 4 is 23.2 Å². The third-order valence-electron chi connectivity index (χ3n) is 5.60. The average molecular weight is 427 g/mol. The highest BCUT2D eigenvalue weighted by atomic mass is 16.5. The molecule has 0 saturated carbocycles. The summed E-state index contributed by atoms with van der Waals surface area (Å²) in [5.41, 5.74) is 4.64. The third kappa shape index (κ3) is 5.38. The number of benzene rings is 3. The van der Waals surface area contributed by atoms with Crippen LogP contribution >= 0.6 is 0 Å². The fourth-order valence-electron chi connectivity index (χ4n) is 3.73. The Morgan fingerprint density at radius 2 is 1.59 bits per heavy atom. The maximum atomic E-state index is 5.92. The van der Waals surface area contributed by atoms with E-state index in [0.717, 1.165) is 66.3 Å². The molecule has 164 valence electrons. The summed E-state index contributed by atoms with van der Waals surface area (Å²) in [7, 11) is 1.68. The molecule has 4 heteroatoms. The quantitative estimate of drug-likeness (QED) is 0.267. The van der Waals surface area contributed by atoms with Gasteiger partial charge in [-0.15, -0.1) is 0 Å². The Morgan fingerprint density at radius 3 is 2.34 bits per heavy atom. The number of aryl methyl sites for hydroxylation is 2. The van der Waals surface area contributed by atoms with Gasteiger partial charge in [0.05, 0.1) is 24.8 Å². The summed E-state index contributed by atoms with van der Waals surface area (Å²) < 4.78 is 13.5. The summed E-state index contributed by atoms with van der Waals surface area (Å²) in [5.74, 6) is 2.77. The second-order valence-electron chi connectivity index (χ2n) is 7.77. The number of ether oxygens (including phenoxy) is 2.